The van der Waals surface area contributed by atoms with Crippen molar-refractivity contribution in [1.82, 2.24) is 0 Å². The molecule has 0 saturated carbocycles. The lowest BCUT2D eigenvalue weighted by molar-refractivity contribution is 0.0463. The summed E-state index contributed by atoms with van der Waals surface area (Å²) in [7, 11) is -4.12. The quantitative estimate of drug-likeness (QED) is 0.538. The molecule has 0 bridgehead atoms. The van der Waals surface area contributed by atoms with E-state index in [0.717, 1.165) is 18.2 Å². The molecule has 3 aromatic rings. The number of halogens is 1. The summed E-state index contributed by atoms with van der Waals surface area (Å²) in [5, 5.41) is 5.64. The maximum atomic E-state index is 13.8. The fraction of sp³-hybridized carbons (Fsp3) is 0.0588. The Balaban J connectivity index is 1.75. The summed E-state index contributed by atoms with van der Waals surface area (Å²) >= 11 is 0. The normalized spacial score (nSPS) is 11.5. The number of hydrogen-bond acceptors (Lipinski definition) is 6. The number of primary sulfonamides is 1. The average Bonchev–Trinajstić information content (AvgIpc) is 3.03. The van der Waals surface area contributed by atoms with Crippen molar-refractivity contribution >= 4 is 32.7 Å². The molecule has 9 heteroatoms. The summed E-state index contributed by atoms with van der Waals surface area (Å²) in [5.74, 6) is -2.84. The van der Waals surface area contributed by atoms with Gasteiger partial charge in [0.2, 0.25) is 15.8 Å². The van der Waals surface area contributed by atoms with E-state index in [2.05, 4.69) is 0 Å². The highest BCUT2D eigenvalue weighted by Crippen LogP contribution is 2.20. The number of Topliss-reactive ketones (excluding diaryl/α,β-unsaturated/α-hetero) is 1. The first-order valence-corrected chi connectivity index (χ1v) is 8.81. The Morgan fingerprint density at radius 2 is 1.85 bits per heavy atom. The number of furan rings is 1. The van der Waals surface area contributed by atoms with E-state index in [-0.39, 0.29) is 5.76 Å². The van der Waals surface area contributed by atoms with Crippen LogP contribution in [-0.2, 0) is 14.8 Å². The predicted molar refractivity (Wildman–Crippen MR) is 88.6 cm³/mol. The molecule has 0 fully saturated rings. The van der Waals surface area contributed by atoms with Crippen LogP contribution < -0.4 is 5.14 Å². The highest BCUT2D eigenvalue weighted by atomic mass is 32.2. The molecule has 0 aliphatic rings. The van der Waals surface area contributed by atoms with Crippen LogP contribution in [0.1, 0.15) is 20.9 Å². The van der Waals surface area contributed by atoms with Gasteiger partial charge in [0.25, 0.3) is 0 Å². The Bertz CT molecular complexity index is 1090. The number of ketones is 1. The fourth-order valence-corrected chi connectivity index (χ4v) is 2.78. The number of fused-ring (bicyclic) bond motifs is 1. The molecule has 0 spiro atoms. The van der Waals surface area contributed by atoms with E-state index < -0.39 is 44.7 Å². The Labute approximate surface area is 147 Å². The topological polar surface area (TPSA) is 117 Å². The second kappa shape index (κ2) is 6.70. The molecular formula is C17H12FNO6S. The molecule has 0 aliphatic carbocycles. The third-order valence-electron chi connectivity index (χ3n) is 3.52. The van der Waals surface area contributed by atoms with E-state index in [1.807, 2.05) is 0 Å². The first kappa shape index (κ1) is 17.8. The van der Waals surface area contributed by atoms with Gasteiger partial charge in [0.15, 0.2) is 12.4 Å². The van der Waals surface area contributed by atoms with Crippen molar-refractivity contribution in [1.29, 1.82) is 0 Å². The molecule has 134 valence electrons. The van der Waals surface area contributed by atoms with Gasteiger partial charge in [-0.1, -0.05) is 18.2 Å². The molecule has 0 amide bonds. The van der Waals surface area contributed by atoms with E-state index in [4.69, 9.17) is 14.3 Å². The summed E-state index contributed by atoms with van der Waals surface area (Å²) < 4.78 is 46.4. The number of rotatable bonds is 5. The van der Waals surface area contributed by atoms with Crippen LogP contribution in [0.25, 0.3) is 11.0 Å². The number of para-hydroxylation sites is 1. The third kappa shape index (κ3) is 3.63. The molecule has 1 heterocycles. The Morgan fingerprint density at radius 1 is 1.12 bits per heavy atom. The monoisotopic (exact) mass is 377 g/mol. The molecule has 0 radical (unpaired) electrons. The van der Waals surface area contributed by atoms with E-state index in [9.17, 15) is 22.4 Å². The molecule has 0 atom stereocenters. The zero-order chi connectivity index (χ0) is 18.9. The number of sulfonamides is 1. The van der Waals surface area contributed by atoms with Gasteiger partial charge < -0.3 is 9.15 Å². The summed E-state index contributed by atoms with van der Waals surface area (Å²) in [6.07, 6.45) is 0. The molecule has 1 aromatic heterocycles. The lowest BCUT2D eigenvalue weighted by Gasteiger charge is -2.06. The van der Waals surface area contributed by atoms with Crippen molar-refractivity contribution in [2.75, 3.05) is 6.61 Å². The first-order valence-electron chi connectivity index (χ1n) is 7.27. The van der Waals surface area contributed by atoms with E-state index in [1.54, 1.807) is 24.3 Å². The van der Waals surface area contributed by atoms with E-state index in [1.165, 1.54) is 6.07 Å². The molecular weight excluding hydrogens is 365 g/mol. The van der Waals surface area contributed by atoms with Crippen LogP contribution in [-0.4, -0.2) is 26.8 Å². The number of carbonyl (C=O) groups is 2. The Hall–Kier alpha value is -3.04. The predicted octanol–water partition coefficient (Wildman–Crippen LogP) is 2.26. The second-order valence-corrected chi connectivity index (χ2v) is 6.90. The number of hydrogen-bond donors (Lipinski definition) is 1. The molecule has 7 nitrogen and oxygen atoms in total. The summed E-state index contributed by atoms with van der Waals surface area (Å²) in [5.41, 5.74) is -0.150. The van der Waals surface area contributed by atoms with E-state index >= 15 is 0 Å². The molecule has 26 heavy (non-hydrogen) atoms. The average molecular weight is 377 g/mol. The molecule has 0 unspecified atom stereocenters. The second-order valence-electron chi connectivity index (χ2n) is 5.33. The first-order chi connectivity index (χ1) is 12.3. The lowest BCUT2D eigenvalue weighted by atomic mass is 10.2. The van der Waals surface area contributed by atoms with Crippen molar-refractivity contribution < 1.29 is 31.6 Å². The highest BCUT2D eigenvalue weighted by Gasteiger charge is 2.20. The lowest BCUT2D eigenvalue weighted by Crippen LogP contribution is -2.17. The standard InChI is InChI=1S/C17H12FNO6S/c18-13-6-5-11(26(19,22)23)8-12(13)17(21)24-9-14(20)16-7-10-3-1-2-4-15(10)25-16/h1-8H,9H2,(H2,19,22,23). The van der Waals surface area contributed by atoms with Crippen LogP contribution in [0, 0.1) is 5.82 Å². The van der Waals surface area contributed by atoms with Gasteiger partial charge in [-0.3, -0.25) is 4.79 Å². The van der Waals surface area contributed by atoms with Crippen molar-refractivity contribution in [3.63, 3.8) is 0 Å². The number of ether oxygens (including phenoxy) is 1. The summed E-state index contributed by atoms with van der Waals surface area (Å²) in [6, 6.07) is 10.9. The van der Waals surface area contributed by atoms with Crippen LogP contribution in [0.4, 0.5) is 4.39 Å². The van der Waals surface area contributed by atoms with Gasteiger partial charge in [-0.15, -0.1) is 0 Å². The van der Waals surface area contributed by atoms with Crippen molar-refractivity contribution in [2.45, 2.75) is 4.90 Å². The largest absolute Gasteiger partial charge is 0.453 e. The smallest absolute Gasteiger partial charge is 0.341 e. The fourth-order valence-electron chi connectivity index (χ4n) is 2.24. The van der Waals surface area contributed by atoms with Crippen LogP contribution >= 0.6 is 0 Å². The minimum Gasteiger partial charge on any atom is -0.453 e. The van der Waals surface area contributed by atoms with Gasteiger partial charge >= 0.3 is 5.97 Å². The maximum Gasteiger partial charge on any atom is 0.341 e. The van der Waals surface area contributed by atoms with Gasteiger partial charge in [0.1, 0.15) is 11.4 Å². The number of nitrogens with two attached hydrogens (primary N) is 1. The zero-order valence-electron chi connectivity index (χ0n) is 13.1. The van der Waals surface area contributed by atoms with Crippen LogP contribution in [0.15, 0.2) is 57.8 Å². The summed E-state index contributed by atoms with van der Waals surface area (Å²) in [6.45, 7) is -0.697. The van der Waals surface area contributed by atoms with Gasteiger partial charge in [-0.2, -0.15) is 0 Å². The summed E-state index contributed by atoms with van der Waals surface area (Å²) in [4.78, 5) is 23.6. The van der Waals surface area contributed by atoms with Gasteiger partial charge in [0, 0.05) is 5.39 Å². The minimum atomic E-state index is -4.12. The SMILES string of the molecule is NS(=O)(=O)c1ccc(F)c(C(=O)OCC(=O)c2cc3ccccc3o2)c1. The van der Waals surface area contributed by atoms with Crippen molar-refractivity contribution in [2.24, 2.45) is 5.14 Å². The maximum absolute atomic E-state index is 13.8. The highest BCUT2D eigenvalue weighted by molar-refractivity contribution is 7.89. The van der Waals surface area contributed by atoms with Crippen molar-refractivity contribution in [3.8, 4) is 0 Å². The van der Waals surface area contributed by atoms with Gasteiger partial charge in [-0.05, 0) is 30.3 Å². The number of esters is 1. The van der Waals surface area contributed by atoms with Crippen molar-refractivity contribution in [3.05, 3.63) is 65.7 Å². The van der Waals surface area contributed by atoms with Crippen LogP contribution in [0.2, 0.25) is 0 Å². The molecule has 2 N–H and O–H groups in total. The third-order valence-corrected chi connectivity index (χ3v) is 4.43. The van der Waals surface area contributed by atoms with Crippen LogP contribution in [0.5, 0.6) is 0 Å². The Kier molecular flexibility index (Phi) is 4.58. The van der Waals surface area contributed by atoms with Gasteiger partial charge in [0.05, 0.1) is 10.5 Å². The van der Waals surface area contributed by atoms with E-state index in [0.29, 0.717) is 11.0 Å². The minimum absolute atomic E-state index is 0.0160. The zero-order valence-corrected chi connectivity index (χ0v) is 14.0. The molecule has 3 rings (SSSR count). The molecule has 0 aliphatic heterocycles. The number of benzene rings is 2. The molecule has 0 saturated heterocycles. The number of carbonyl (C=O) groups excluding carboxylic acids is 2. The molecule has 2 aromatic carbocycles. The Morgan fingerprint density at radius 3 is 2.54 bits per heavy atom. The van der Waals surface area contributed by atoms with Gasteiger partial charge in [-0.25, -0.2) is 22.7 Å². The van der Waals surface area contributed by atoms with Crippen LogP contribution in [0.3, 0.4) is 0 Å².